The number of nitrogens with zero attached hydrogens (tertiary/aromatic N) is 1. The van der Waals surface area contributed by atoms with Crippen LogP contribution < -0.4 is 10.4 Å². The molecule has 2 aliphatic heterocycles. The van der Waals surface area contributed by atoms with Crippen molar-refractivity contribution in [3.8, 4) is 5.75 Å². The Balaban J connectivity index is 1.43. The molecule has 2 saturated heterocycles. The molecule has 2 N–H and O–H groups in total. The summed E-state index contributed by atoms with van der Waals surface area (Å²) in [6.07, 6.45) is 5.06. The maximum Gasteiger partial charge on any atom is 0.455 e. The van der Waals surface area contributed by atoms with Crippen molar-refractivity contribution >= 4 is 43.7 Å². The standard InChI is InChI=1S/C42H52BNO6Si/c1-6-24-44-40(46)34-26-31(28-49-51(42(3,4)5,32-17-10-8-11-18-32)33-19-12-9-13-20-33)38-35(39(34)41(44)47)27-43(48)50-37(38)23-22-29(7-2)25-30-16-14-15-21-36(30)45/h8-21,25,34-35,37,39,45,48H,6-7,22-24,26-28H2,1-5H3/b29-25+/t34-,35+,37-,39-/m1/s1. The van der Waals surface area contributed by atoms with Crippen LogP contribution in [0.4, 0.5) is 0 Å². The molecule has 0 unspecified atom stereocenters. The van der Waals surface area contributed by atoms with Gasteiger partial charge in [0, 0.05) is 12.1 Å². The summed E-state index contributed by atoms with van der Waals surface area (Å²) in [4.78, 5) is 29.4. The second-order valence-electron chi connectivity index (χ2n) is 15.4. The van der Waals surface area contributed by atoms with Crippen molar-refractivity contribution in [1.82, 2.24) is 4.90 Å². The van der Waals surface area contributed by atoms with Gasteiger partial charge in [0.2, 0.25) is 11.8 Å². The highest BCUT2D eigenvalue weighted by Crippen LogP contribution is 2.51. The van der Waals surface area contributed by atoms with Gasteiger partial charge in [-0.2, -0.15) is 0 Å². The van der Waals surface area contributed by atoms with Gasteiger partial charge in [0.1, 0.15) is 5.75 Å². The maximum absolute atomic E-state index is 14.0. The van der Waals surface area contributed by atoms with Gasteiger partial charge in [-0.25, -0.2) is 0 Å². The quantitative estimate of drug-likeness (QED) is 0.123. The topological polar surface area (TPSA) is 96.3 Å². The van der Waals surface area contributed by atoms with Crippen LogP contribution in [-0.4, -0.2) is 61.5 Å². The van der Waals surface area contributed by atoms with Gasteiger partial charge >= 0.3 is 7.12 Å². The lowest BCUT2D eigenvalue weighted by molar-refractivity contribution is -0.140. The Labute approximate surface area is 304 Å². The largest absolute Gasteiger partial charge is 0.507 e. The first-order valence-corrected chi connectivity index (χ1v) is 20.5. The number of carbonyl (C=O) groups excluding carboxylic acids is 2. The van der Waals surface area contributed by atoms with Crippen LogP contribution in [0.3, 0.4) is 0 Å². The second kappa shape index (κ2) is 15.5. The summed E-state index contributed by atoms with van der Waals surface area (Å²) in [6.45, 7) is 11.6. The van der Waals surface area contributed by atoms with E-state index in [0.29, 0.717) is 38.8 Å². The van der Waals surface area contributed by atoms with Crippen LogP contribution in [-0.2, 0) is 18.7 Å². The Morgan fingerprint density at radius 3 is 2.16 bits per heavy atom. The number of benzene rings is 3. The Bertz CT molecular complexity index is 1730. The second-order valence-corrected chi connectivity index (χ2v) is 19.7. The van der Waals surface area contributed by atoms with E-state index >= 15 is 0 Å². The zero-order valence-electron chi connectivity index (χ0n) is 30.7. The molecule has 9 heteroatoms. The van der Waals surface area contributed by atoms with Crippen LogP contribution in [0.5, 0.6) is 5.75 Å². The van der Waals surface area contributed by atoms with E-state index in [-0.39, 0.29) is 34.8 Å². The predicted molar refractivity (Wildman–Crippen MR) is 206 cm³/mol. The molecule has 2 heterocycles. The van der Waals surface area contributed by atoms with Gasteiger partial charge < -0.3 is 19.2 Å². The van der Waals surface area contributed by atoms with Crippen molar-refractivity contribution in [1.29, 1.82) is 0 Å². The average molecular weight is 706 g/mol. The lowest BCUT2D eigenvalue weighted by Crippen LogP contribution is -2.66. The van der Waals surface area contributed by atoms with E-state index in [9.17, 15) is 19.7 Å². The van der Waals surface area contributed by atoms with Gasteiger partial charge in [-0.3, -0.25) is 14.5 Å². The lowest BCUT2D eigenvalue weighted by atomic mass is 9.58. The molecule has 0 radical (unpaired) electrons. The van der Waals surface area contributed by atoms with Crippen LogP contribution in [0.25, 0.3) is 6.08 Å². The molecule has 2 fully saturated rings. The number of phenols is 1. The molecule has 6 rings (SSSR count). The van der Waals surface area contributed by atoms with Gasteiger partial charge in [0.15, 0.2) is 0 Å². The zero-order chi connectivity index (χ0) is 36.3. The fraction of sp³-hybridized carbons (Fsp3) is 0.429. The van der Waals surface area contributed by atoms with Crippen molar-refractivity contribution in [3.05, 3.63) is 107 Å². The minimum Gasteiger partial charge on any atom is -0.507 e. The van der Waals surface area contributed by atoms with Crippen LogP contribution in [0, 0.1) is 17.8 Å². The molecule has 0 bridgehead atoms. The monoisotopic (exact) mass is 705 g/mol. The number of carbonyl (C=O) groups is 2. The zero-order valence-corrected chi connectivity index (χ0v) is 31.7. The number of imide groups is 1. The van der Waals surface area contributed by atoms with E-state index in [1.54, 1.807) is 6.07 Å². The SMILES string of the molecule is CCCN1C(=O)[C@@H]2[C@@H](CC(CO[Si](c3ccccc3)(c3ccccc3)C(C)(C)C)=C3[C@@H](CC/C(=C/c4ccccc4O)CC)OB(O)C[C@@H]32)C1=O. The molecular weight excluding hydrogens is 653 g/mol. The van der Waals surface area contributed by atoms with E-state index < -0.39 is 33.4 Å². The number of amides is 2. The number of rotatable bonds is 12. The molecule has 51 heavy (non-hydrogen) atoms. The van der Waals surface area contributed by atoms with Crippen molar-refractivity contribution < 1.29 is 28.8 Å². The lowest BCUT2D eigenvalue weighted by Gasteiger charge is -2.46. The van der Waals surface area contributed by atoms with Crippen molar-refractivity contribution in [2.45, 2.75) is 84.2 Å². The highest BCUT2D eigenvalue weighted by molar-refractivity contribution is 6.99. The molecule has 3 aliphatic rings. The number of likely N-dealkylation sites (tertiary alicyclic amines) is 1. The Morgan fingerprint density at radius 2 is 1.57 bits per heavy atom. The summed E-state index contributed by atoms with van der Waals surface area (Å²) in [5.74, 6) is -1.31. The van der Waals surface area contributed by atoms with Gasteiger partial charge in [-0.05, 0) is 77.0 Å². The molecule has 0 saturated carbocycles. The minimum absolute atomic E-state index is 0.106. The smallest absolute Gasteiger partial charge is 0.455 e. The van der Waals surface area contributed by atoms with Gasteiger partial charge in [-0.15, -0.1) is 0 Å². The highest BCUT2D eigenvalue weighted by Gasteiger charge is 2.58. The van der Waals surface area contributed by atoms with Crippen LogP contribution in [0.2, 0.25) is 11.4 Å². The third-order valence-electron chi connectivity index (χ3n) is 11.2. The Morgan fingerprint density at radius 1 is 0.941 bits per heavy atom. The van der Waals surface area contributed by atoms with Gasteiger partial charge in [0.05, 0.1) is 24.5 Å². The van der Waals surface area contributed by atoms with Crippen molar-refractivity contribution in [2.75, 3.05) is 13.2 Å². The molecule has 268 valence electrons. The minimum atomic E-state index is -2.93. The molecule has 4 atom stereocenters. The summed E-state index contributed by atoms with van der Waals surface area (Å²) >= 11 is 0. The van der Waals surface area contributed by atoms with Crippen molar-refractivity contribution in [2.24, 2.45) is 17.8 Å². The van der Waals surface area contributed by atoms with Crippen molar-refractivity contribution in [3.63, 3.8) is 0 Å². The van der Waals surface area contributed by atoms with Crippen LogP contribution in [0.15, 0.2) is 102 Å². The Hall–Kier alpha value is -3.76. The first kappa shape index (κ1) is 37.0. The van der Waals surface area contributed by atoms with E-state index in [2.05, 4.69) is 76.2 Å². The number of para-hydroxylation sites is 1. The number of fused-ring (bicyclic) bond motifs is 3. The van der Waals surface area contributed by atoms with Crippen LogP contribution in [0.1, 0.15) is 72.3 Å². The number of phenolic OH excluding ortho intramolecular Hbond substituents is 1. The number of aromatic hydroxyl groups is 1. The van der Waals surface area contributed by atoms with E-state index in [0.717, 1.165) is 28.7 Å². The summed E-state index contributed by atoms with van der Waals surface area (Å²) in [7, 11) is -3.97. The van der Waals surface area contributed by atoms with Gasteiger partial charge in [-0.1, -0.05) is 125 Å². The van der Waals surface area contributed by atoms with E-state index in [1.807, 2.05) is 43.3 Å². The number of hydrogen-bond donors (Lipinski definition) is 2. The predicted octanol–water partition coefficient (Wildman–Crippen LogP) is 6.75. The number of hydrogen-bond acceptors (Lipinski definition) is 6. The van der Waals surface area contributed by atoms with E-state index in [1.165, 1.54) is 15.3 Å². The normalized spacial score (nSPS) is 22.7. The third-order valence-corrected chi connectivity index (χ3v) is 16.2. The average Bonchev–Trinajstić information content (AvgIpc) is 3.35. The molecule has 0 spiro atoms. The molecule has 2 amide bonds. The molecule has 1 aliphatic carbocycles. The maximum atomic E-state index is 14.0. The van der Waals surface area contributed by atoms with Gasteiger partial charge in [0.25, 0.3) is 8.32 Å². The molecule has 3 aromatic carbocycles. The molecule has 7 nitrogen and oxygen atoms in total. The molecule has 0 aromatic heterocycles. The summed E-state index contributed by atoms with van der Waals surface area (Å²) in [5, 5.41) is 23.7. The summed E-state index contributed by atoms with van der Waals surface area (Å²) in [6, 6.07) is 28.4. The molecular formula is C42H52BNO6Si. The fourth-order valence-corrected chi connectivity index (χ4v) is 13.4. The number of allylic oxidation sites excluding steroid dienone is 1. The third kappa shape index (κ3) is 7.18. The Kier molecular flexibility index (Phi) is 11.2. The fourth-order valence-electron chi connectivity index (χ4n) is 8.86. The first-order valence-electron chi connectivity index (χ1n) is 18.6. The van der Waals surface area contributed by atoms with E-state index in [4.69, 9.17) is 9.08 Å². The summed E-state index contributed by atoms with van der Waals surface area (Å²) in [5.41, 5.74) is 3.96. The highest BCUT2D eigenvalue weighted by atomic mass is 28.4. The summed E-state index contributed by atoms with van der Waals surface area (Å²) < 4.78 is 13.8. The first-order chi connectivity index (χ1) is 24.5. The molecule has 3 aromatic rings. The van der Waals surface area contributed by atoms with Crippen LogP contribution >= 0.6 is 0 Å².